The molecule has 0 radical (unpaired) electrons. The van der Waals surface area contributed by atoms with Gasteiger partial charge in [0.05, 0.1) is 13.0 Å². The maximum atomic E-state index is 11.2. The van der Waals surface area contributed by atoms with Gasteiger partial charge in [0.2, 0.25) is 0 Å². The molecule has 0 rings (SSSR count). The molecule has 0 saturated carbocycles. The minimum absolute atomic E-state index is 0.0500. The molecule has 3 heteroatoms. The van der Waals surface area contributed by atoms with E-state index in [9.17, 15) is 4.79 Å². The number of esters is 1. The predicted octanol–water partition coefficient (Wildman–Crippen LogP) is 2.64. The molecule has 0 aromatic heterocycles. The van der Waals surface area contributed by atoms with Crippen LogP contribution in [0.1, 0.15) is 40.5 Å². The summed E-state index contributed by atoms with van der Waals surface area (Å²) in [7, 11) is 0. The van der Waals surface area contributed by atoms with Gasteiger partial charge in [-0.1, -0.05) is 13.8 Å². The van der Waals surface area contributed by atoms with Crippen LogP contribution < -0.4 is 0 Å². The van der Waals surface area contributed by atoms with Crippen molar-refractivity contribution in [1.29, 1.82) is 5.41 Å². The van der Waals surface area contributed by atoms with E-state index in [2.05, 4.69) is 13.8 Å². The van der Waals surface area contributed by atoms with Crippen LogP contribution in [0.5, 0.6) is 0 Å². The lowest BCUT2D eigenvalue weighted by atomic mass is 9.91. The zero-order valence-electron chi connectivity index (χ0n) is 9.59. The van der Waals surface area contributed by atoms with Crippen LogP contribution in [0.2, 0.25) is 0 Å². The molecule has 0 amide bonds. The Hall–Kier alpha value is -0.860. The summed E-state index contributed by atoms with van der Waals surface area (Å²) in [6.07, 6.45) is 1.23. The van der Waals surface area contributed by atoms with Crippen LogP contribution in [0.3, 0.4) is 0 Å². The van der Waals surface area contributed by atoms with Gasteiger partial charge in [-0.3, -0.25) is 4.79 Å². The van der Waals surface area contributed by atoms with E-state index in [0.717, 1.165) is 6.42 Å². The first-order valence-corrected chi connectivity index (χ1v) is 5.18. The molecule has 0 aromatic carbocycles. The first-order chi connectivity index (χ1) is 6.47. The maximum Gasteiger partial charge on any atom is 0.306 e. The van der Waals surface area contributed by atoms with Crippen molar-refractivity contribution in [2.24, 2.45) is 11.8 Å². The first-order valence-electron chi connectivity index (χ1n) is 5.18. The summed E-state index contributed by atoms with van der Waals surface area (Å²) in [6.45, 7) is 8.17. The van der Waals surface area contributed by atoms with Crippen LogP contribution in [0, 0.1) is 17.2 Å². The molecule has 0 aliphatic carbocycles. The lowest BCUT2D eigenvalue weighted by Crippen LogP contribution is -2.19. The van der Waals surface area contributed by atoms with Gasteiger partial charge in [-0.2, -0.15) is 0 Å². The Morgan fingerprint density at radius 1 is 1.43 bits per heavy atom. The summed E-state index contributed by atoms with van der Waals surface area (Å²) in [5.41, 5.74) is 0.576. The smallest absolute Gasteiger partial charge is 0.306 e. The van der Waals surface area contributed by atoms with Gasteiger partial charge in [-0.05, 0) is 26.2 Å². The van der Waals surface area contributed by atoms with E-state index in [-0.39, 0.29) is 11.9 Å². The Morgan fingerprint density at radius 3 is 2.36 bits per heavy atom. The average Bonchev–Trinajstić information content (AvgIpc) is 2.02. The van der Waals surface area contributed by atoms with Crippen LogP contribution in [0.4, 0.5) is 0 Å². The monoisotopic (exact) mass is 199 g/mol. The summed E-state index contributed by atoms with van der Waals surface area (Å²) >= 11 is 0. The topological polar surface area (TPSA) is 50.2 Å². The van der Waals surface area contributed by atoms with Crippen molar-refractivity contribution in [2.75, 3.05) is 6.61 Å². The lowest BCUT2D eigenvalue weighted by molar-refractivity contribution is -0.143. The van der Waals surface area contributed by atoms with Gasteiger partial charge in [-0.15, -0.1) is 0 Å². The second-order valence-corrected chi connectivity index (χ2v) is 4.02. The molecule has 14 heavy (non-hydrogen) atoms. The Morgan fingerprint density at radius 2 is 2.00 bits per heavy atom. The zero-order valence-corrected chi connectivity index (χ0v) is 9.59. The molecule has 1 atom stereocenters. The summed E-state index contributed by atoms with van der Waals surface area (Å²) in [6, 6.07) is 0. The molecule has 82 valence electrons. The number of rotatable bonds is 6. The van der Waals surface area contributed by atoms with Gasteiger partial charge in [-0.25, -0.2) is 0 Å². The number of carbonyl (C=O) groups is 1. The fourth-order valence-corrected chi connectivity index (χ4v) is 1.40. The molecule has 0 bridgehead atoms. The van der Waals surface area contributed by atoms with E-state index in [1.165, 1.54) is 0 Å². The highest BCUT2D eigenvalue weighted by Gasteiger charge is 2.17. The summed E-state index contributed by atoms with van der Waals surface area (Å²) in [5, 5.41) is 7.56. The fourth-order valence-electron chi connectivity index (χ4n) is 1.40. The van der Waals surface area contributed by atoms with Gasteiger partial charge >= 0.3 is 5.97 Å². The lowest BCUT2D eigenvalue weighted by Gasteiger charge is -2.16. The Labute approximate surface area is 86.3 Å². The number of hydrogen-bond acceptors (Lipinski definition) is 3. The van der Waals surface area contributed by atoms with E-state index in [0.29, 0.717) is 24.7 Å². The van der Waals surface area contributed by atoms with Gasteiger partial charge in [0, 0.05) is 11.6 Å². The summed E-state index contributed by atoms with van der Waals surface area (Å²) in [4.78, 5) is 11.2. The zero-order chi connectivity index (χ0) is 11.1. The van der Waals surface area contributed by atoms with Crippen LogP contribution in [-0.2, 0) is 9.53 Å². The Bertz CT molecular complexity index is 199. The predicted molar refractivity (Wildman–Crippen MR) is 57.6 cm³/mol. The SMILES string of the molecule is CCOC(=O)C[C@@H](CC(C)C)C(C)=N. The standard InChI is InChI=1S/C11H21NO2/c1-5-14-11(13)7-10(9(4)12)6-8(2)3/h8,10,12H,5-7H2,1-4H3/t10-/m1/s1. The normalized spacial score (nSPS) is 12.6. The number of nitrogens with one attached hydrogen (secondary N) is 1. The number of carbonyl (C=O) groups excluding carboxylic acids is 1. The second-order valence-electron chi connectivity index (χ2n) is 4.02. The van der Waals surface area contributed by atoms with E-state index >= 15 is 0 Å². The largest absolute Gasteiger partial charge is 0.466 e. The molecular formula is C11H21NO2. The van der Waals surface area contributed by atoms with Crippen molar-refractivity contribution in [3.05, 3.63) is 0 Å². The molecule has 0 saturated heterocycles. The minimum atomic E-state index is -0.190. The third-order valence-electron chi connectivity index (χ3n) is 2.09. The minimum Gasteiger partial charge on any atom is -0.466 e. The molecular weight excluding hydrogens is 178 g/mol. The van der Waals surface area contributed by atoms with E-state index < -0.39 is 0 Å². The third kappa shape index (κ3) is 5.73. The van der Waals surface area contributed by atoms with Crippen molar-refractivity contribution < 1.29 is 9.53 Å². The Kier molecular flexibility index (Phi) is 6.17. The van der Waals surface area contributed by atoms with Crippen molar-refractivity contribution >= 4 is 11.7 Å². The third-order valence-corrected chi connectivity index (χ3v) is 2.09. The molecule has 0 fully saturated rings. The molecule has 0 aliphatic rings. The Balaban J connectivity index is 4.09. The molecule has 0 heterocycles. The van der Waals surface area contributed by atoms with E-state index in [1.54, 1.807) is 13.8 Å². The summed E-state index contributed by atoms with van der Waals surface area (Å²) in [5.74, 6) is 0.369. The van der Waals surface area contributed by atoms with Gasteiger partial charge in [0.1, 0.15) is 0 Å². The second kappa shape index (κ2) is 6.57. The highest BCUT2D eigenvalue weighted by Crippen LogP contribution is 2.17. The summed E-state index contributed by atoms with van der Waals surface area (Å²) < 4.78 is 4.87. The van der Waals surface area contributed by atoms with Crippen molar-refractivity contribution in [3.8, 4) is 0 Å². The highest BCUT2D eigenvalue weighted by atomic mass is 16.5. The van der Waals surface area contributed by atoms with Gasteiger partial charge < -0.3 is 10.1 Å². The van der Waals surface area contributed by atoms with E-state index in [1.807, 2.05) is 0 Å². The van der Waals surface area contributed by atoms with E-state index in [4.69, 9.17) is 10.1 Å². The molecule has 0 spiro atoms. The first kappa shape index (κ1) is 13.1. The average molecular weight is 199 g/mol. The van der Waals surface area contributed by atoms with Crippen LogP contribution in [-0.4, -0.2) is 18.3 Å². The molecule has 3 nitrogen and oxygen atoms in total. The maximum absolute atomic E-state index is 11.2. The number of ether oxygens (including phenoxy) is 1. The van der Waals surface area contributed by atoms with Gasteiger partial charge in [0.25, 0.3) is 0 Å². The fraction of sp³-hybridized carbons (Fsp3) is 0.818. The van der Waals surface area contributed by atoms with Gasteiger partial charge in [0.15, 0.2) is 0 Å². The van der Waals surface area contributed by atoms with Crippen molar-refractivity contribution in [1.82, 2.24) is 0 Å². The van der Waals surface area contributed by atoms with Crippen LogP contribution in [0.15, 0.2) is 0 Å². The molecule has 0 unspecified atom stereocenters. The van der Waals surface area contributed by atoms with Crippen molar-refractivity contribution in [2.45, 2.75) is 40.5 Å². The quantitative estimate of drug-likeness (QED) is 0.528. The highest BCUT2D eigenvalue weighted by molar-refractivity contribution is 5.85. The number of hydrogen-bond donors (Lipinski definition) is 1. The molecule has 1 N–H and O–H groups in total. The molecule has 0 aliphatic heterocycles. The molecule has 0 aromatic rings. The van der Waals surface area contributed by atoms with Crippen LogP contribution >= 0.6 is 0 Å². The van der Waals surface area contributed by atoms with Crippen molar-refractivity contribution in [3.63, 3.8) is 0 Å². The van der Waals surface area contributed by atoms with Crippen LogP contribution in [0.25, 0.3) is 0 Å².